The molecular weight excluding hydrogens is 195 g/mol. The molecule has 5 heteroatoms. The molecule has 1 fully saturated rings. The number of rotatable bonds is 2. The minimum absolute atomic E-state index is 0.118. The van der Waals surface area contributed by atoms with Crippen LogP contribution >= 0.6 is 0 Å². The molecule has 1 aromatic rings. The molecule has 1 aliphatic rings. The number of halogens is 4. The fourth-order valence-corrected chi connectivity index (χ4v) is 1.75. The van der Waals surface area contributed by atoms with Crippen LogP contribution in [0.5, 0.6) is 0 Å². The Morgan fingerprint density at radius 3 is 2.43 bits per heavy atom. The van der Waals surface area contributed by atoms with E-state index in [2.05, 4.69) is 0 Å². The second-order valence-corrected chi connectivity index (χ2v) is 3.69. The lowest BCUT2D eigenvalue weighted by molar-refractivity contribution is 0.463. The van der Waals surface area contributed by atoms with E-state index >= 15 is 0 Å². The standard InChI is InChI=1S/C9H8BF4/c11-7-3-1-2-6(4-7)8-5-9(8)10(12,13)14/h1-4,8-9H,5H2/q-1/t8-,9-/m1/s1. The van der Waals surface area contributed by atoms with Crippen LogP contribution < -0.4 is 0 Å². The van der Waals surface area contributed by atoms with Gasteiger partial charge in [-0.05, 0) is 23.6 Å². The largest absolute Gasteiger partial charge is 0.481 e. The predicted octanol–water partition coefficient (Wildman–Crippen LogP) is 3.53. The molecule has 1 aromatic carbocycles. The number of benzene rings is 1. The molecule has 0 aromatic heterocycles. The topological polar surface area (TPSA) is 0 Å². The fraction of sp³-hybridized carbons (Fsp3) is 0.333. The van der Waals surface area contributed by atoms with Crippen molar-refractivity contribution in [3.05, 3.63) is 35.6 Å². The Balaban J connectivity index is 2.14. The van der Waals surface area contributed by atoms with Gasteiger partial charge in [0.2, 0.25) is 0 Å². The molecule has 1 aliphatic carbocycles. The average Bonchev–Trinajstić information content (AvgIpc) is 2.81. The summed E-state index contributed by atoms with van der Waals surface area (Å²) in [4.78, 5) is 0. The van der Waals surface area contributed by atoms with Crippen LogP contribution in [-0.4, -0.2) is 6.98 Å². The van der Waals surface area contributed by atoms with Gasteiger partial charge in [0.05, 0.1) is 0 Å². The summed E-state index contributed by atoms with van der Waals surface area (Å²) in [5.74, 6) is -2.19. The molecule has 0 radical (unpaired) electrons. The number of hydrogen-bond donors (Lipinski definition) is 0. The van der Waals surface area contributed by atoms with Gasteiger partial charge in [0.25, 0.3) is 0 Å². The van der Waals surface area contributed by atoms with Crippen LogP contribution in [-0.2, 0) is 0 Å². The summed E-state index contributed by atoms with van der Waals surface area (Å²) in [6.45, 7) is -4.76. The second-order valence-electron chi connectivity index (χ2n) is 3.69. The summed E-state index contributed by atoms with van der Waals surface area (Å²) in [7, 11) is 0. The van der Waals surface area contributed by atoms with E-state index < -0.39 is 24.5 Å². The Kier molecular flexibility index (Phi) is 2.05. The Labute approximate surface area is 79.0 Å². The molecule has 2 rings (SSSR count). The van der Waals surface area contributed by atoms with Crippen LogP contribution in [0.3, 0.4) is 0 Å². The molecule has 14 heavy (non-hydrogen) atoms. The molecule has 76 valence electrons. The molecule has 0 heterocycles. The van der Waals surface area contributed by atoms with Crippen molar-refractivity contribution in [2.75, 3.05) is 0 Å². The lowest BCUT2D eigenvalue weighted by Gasteiger charge is -2.12. The van der Waals surface area contributed by atoms with Gasteiger partial charge in [0.15, 0.2) is 0 Å². The van der Waals surface area contributed by atoms with Crippen LogP contribution in [0, 0.1) is 5.82 Å². The van der Waals surface area contributed by atoms with Crippen LogP contribution in [0.1, 0.15) is 17.9 Å². The molecule has 2 atom stereocenters. The highest BCUT2D eigenvalue weighted by atomic mass is 19.4. The van der Waals surface area contributed by atoms with Gasteiger partial charge in [-0.15, -0.1) is 0 Å². The lowest BCUT2D eigenvalue weighted by Crippen LogP contribution is -2.15. The van der Waals surface area contributed by atoms with E-state index in [0.29, 0.717) is 5.56 Å². The third-order valence-corrected chi connectivity index (χ3v) is 2.60. The molecular formula is C9H8BF4-. The summed E-state index contributed by atoms with van der Waals surface area (Å²) in [6.07, 6.45) is 0.118. The van der Waals surface area contributed by atoms with Gasteiger partial charge in [-0.25, -0.2) is 4.39 Å². The van der Waals surface area contributed by atoms with Gasteiger partial charge in [-0.2, -0.15) is 0 Å². The van der Waals surface area contributed by atoms with Crippen molar-refractivity contribution in [1.29, 1.82) is 0 Å². The Morgan fingerprint density at radius 1 is 1.21 bits per heavy atom. The molecule has 0 bridgehead atoms. The van der Waals surface area contributed by atoms with Gasteiger partial charge in [-0.1, -0.05) is 24.4 Å². The maximum Gasteiger partial charge on any atom is 0.481 e. The Hall–Kier alpha value is -0.995. The first-order chi connectivity index (χ1) is 6.48. The molecule has 0 aliphatic heterocycles. The van der Waals surface area contributed by atoms with Gasteiger partial charge in [0.1, 0.15) is 5.82 Å². The molecule has 0 nitrogen and oxygen atoms in total. The van der Waals surface area contributed by atoms with E-state index in [1.54, 1.807) is 6.07 Å². The van der Waals surface area contributed by atoms with Gasteiger partial charge in [0, 0.05) is 0 Å². The van der Waals surface area contributed by atoms with Crippen LogP contribution in [0.15, 0.2) is 24.3 Å². The third-order valence-electron chi connectivity index (χ3n) is 2.60. The van der Waals surface area contributed by atoms with Crippen molar-refractivity contribution in [3.8, 4) is 0 Å². The average molecular weight is 203 g/mol. The predicted molar refractivity (Wildman–Crippen MR) is 46.6 cm³/mol. The van der Waals surface area contributed by atoms with Crippen molar-refractivity contribution in [2.45, 2.75) is 18.2 Å². The number of hydrogen-bond acceptors (Lipinski definition) is 0. The quantitative estimate of drug-likeness (QED) is 0.509. The van der Waals surface area contributed by atoms with Crippen molar-refractivity contribution in [1.82, 2.24) is 0 Å². The highest BCUT2D eigenvalue weighted by Crippen LogP contribution is 2.59. The monoisotopic (exact) mass is 203 g/mol. The van der Waals surface area contributed by atoms with E-state index in [9.17, 15) is 17.3 Å². The third kappa shape index (κ3) is 1.76. The van der Waals surface area contributed by atoms with E-state index in [-0.39, 0.29) is 6.42 Å². The molecule has 0 amide bonds. The van der Waals surface area contributed by atoms with Crippen molar-refractivity contribution in [2.24, 2.45) is 0 Å². The van der Waals surface area contributed by atoms with E-state index in [4.69, 9.17) is 0 Å². The van der Waals surface area contributed by atoms with Crippen LogP contribution in [0.4, 0.5) is 17.3 Å². The van der Waals surface area contributed by atoms with E-state index in [1.807, 2.05) is 0 Å². The van der Waals surface area contributed by atoms with Crippen molar-refractivity contribution in [3.63, 3.8) is 0 Å². The molecule has 0 saturated heterocycles. The summed E-state index contributed by atoms with van der Waals surface area (Å²) < 4.78 is 49.4. The lowest BCUT2D eigenvalue weighted by atomic mass is 9.81. The van der Waals surface area contributed by atoms with Crippen molar-refractivity contribution < 1.29 is 17.3 Å². The zero-order chi connectivity index (χ0) is 10.3. The first-order valence-corrected chi connectivity index (χ1v) is 4.44. The summed E-state index contributed by atoms with van der Waals surface area (Å²) in [5, 5.41) is 0. The SMILES string of the molecule is Fc1cccc([C@H]2C[C@H]2[B-](F)(F)F)c1. The summed E-state index contributed by atoms with van der Waals surface area (Å²) in [6, 6.07) is 5.42. The highest BCUT2D eigenvalue weighted by Gasteiger charge is 2.51. The minimum Gasteiger partial charge on any atom is -0.449 e. The maximum atomic E-state index is 12.7. The Bertz CT molecular complexity index is 347. The van der Waals surface area contributed by atoms with Gasteiger partial charge < -0.3 is 12.9 Å². The molecule has 0 unspecified atom stereocenters. The van der Waals surface area contributed by atoms with Gasteiger partial charge >= 0.3 is 6.98 Å². The minimum atomic E-state index is -4.76. The molecule has 1 saturated carbocycles. The van der Waals surface area contributed by atoms with Gasteiger partial charge in [-0.3, -0.25) is 0 Å². The smallest absolute Gasteiger partial charge is 0.449 e. The first-order valence-electron chi connectivity index (χ1n) is 4.44. The fourth-order valence-electron chi connectivity index (χ4n) is 1.75. The molecule has 0 spiro atoms. The maximum absolute atomic E-state index is 12.7. The van der Waals surface area contributed by atoms with Crippen LogP contribution in [0.2, 0.25) is 5.82 Å². The van der Waals surface area contributed by atoms with E-state index in [0.717, 1.165) is 0 Å². The zero-order valence-electron chi connectivity index (χ0n) is 7.26. The zero-order valence-corrected chi connectivity index (χ0v) is 7.26. The van der Waals surface area contributed by atoms with Crippen LogP contribution in [0.25, 0.3) is 0 Å². The second kappa shape index (κ2) is 3.00. The highest BCUT2D eigenvalue weighted by molar-refractivity contribution is 6.61. The first kappa shape index (κ1) is 9.56. The van der Waals surface area contributed by atoms with Crippen molar-refractivity contribution >= 4 is 6.98 Å². The summed E-state index contributed by atoms with van der Waals surface area (Å²) in [5.41, 5.74) is 0.467. The molecule has 0 N–H and O–H groups in total. The normalized spacial score (nSPS) is 26.3. The Morgan fingerprint density at radius 2 is 1.93 bits per heavy atom. The summed E-state index contributed by atoms with van der Waals surface area (Å²) >= 11 is 0. The van der Waals surface area contributed by atoms with E-state index in [1.165, 1.54) is 18.2 Å².